The quantitative estimate of drug-likeness (QED) is 0.264. The number of likely N-dealkylation sites (N-methyl/N-ethyl adjacent to an activating group) is 1. The van der Waals surface area contributed by atoms with Crippen LogP contribution in [0.3, 0.4) is 0 Å². The summed E-state index contributed by atoms with van der Waals surface area (Å²) >= 11 is 6.39. The van der Waals surface area contributed by atoms with Crippen LogP contribution in [0.5, 0.6) is 0 Å². The fourth-order valence-corrected chi connectivity index (χ4v) is 6.29. The van der Waals surface area contributed by atoms with Gasteiger partial charge in [0, 0.05) is 42.9 Å². The van der Waals surface area contributed by atoms with Crippen LogP contribution in [0, 0.1) is 5.92 Å². The molecule has 0 bridgehead atoms. The Balaban J connectivity index is 1.08. The van der Waals surface area contributed by atoms with Gasteiger partial charge in [0.25, 0.3) is 5.91 Å². The molecule has 1 saturated carbocycles. The van der Waals surface area contributed by atoms with Crippen molar-refractivity contribution in [2.75, 3.05) is 33.2 Å². The predicted octanol–water partition coefficient (Wildman–Crippen LogP) is 5.82. The summed E-state index contributed by atoms with van der Waals surface area (Å²) < 4.78 is 11.0. The second-order valence-electron chi connectivity index (χ2n) is 11.0. The van der Waals surface area contributed by atoms with E-state index in [-0.39, 0.29) is 11.3 Å². The van der Waals surface area contributed by atoms with Crippen molar-refractivity contribution in [2.24, 2.45) is 5.92 Å². The number of halogens is 1. The molecule has 2 aromatic heterocycles. The van der Waals surface area contributed by atoms with E-state index >= 15 is 0 Å². The van der Waals surface area contributed by atoms with Crippen LogP contribution < -0.4 is 0 Å². The van der Waals surface area contributed by atoms with Crippen molar-refractivity contribution in [1.82, 2.24) is 19.9 Å². The third-order valence-electron chi connectivity index (χ3n) is 8.33. The van der Waals surface area contributed by atoms with Crippen LogP contribution in [-0.4, -0.2) is 59.1 Å². The zero-order valence-corrected chi connectivity index (χ0v) is 22.9. The van der Waals surface area contributed by atoms with Gasteiger partial charge in [0.1, 0.15) is 0 Å². The molecule has 2 aromatic carbocycles. The summed E-state index contributed by atoms with van der Waals surface area (Å²) in [6.07, 6.45) is 5.25. The zero-order valence-electron chi connectivity index (χ0n) is 22.1. The average Bonchev–Trinajstić information content (AvgIpc) is 3.31. The van der Waals surface area contributed by atoms with Crippen molar-refractivity contribution >= 4 is 17.5 Å². The minimum atomic E-state index is -0.114. The normalized spacial score (nSPS) is 21.6. The minimum Gasteiger partial charge on any atom is -0.459 e. The molecule has 0 spiro atoms. The second-order valence-corrected chi connectivity index (χ2v) is 11.4. The lowest BCUT2D eigenvalue weighted by atomic mass is 9.91. The summed E-state index contributed by atoms with van der Waals surface area (Å²) in [7, 11) is 1.86. The van der Waals surface area contributed by atoms with Crippen molar-refractivity contribution in [2.45, 2.75) is 37.0 Å². The first-order valence-electron chi connectivity index (χ1n) is 13.6. The Kier molecular flexibility index (Phi) is 7.28. The molecule has 0 radical (unpaired) electrons. The van der Waals surface area contributed by atoms with E-state index in [4.69, 9.17) is 25.5 Å². The number of carbonyl (C=O) groups excluding carboxylic acids is 1. The summed E-state index contributed by atoms with van der Waals surface area (Å²) in [4.78, 5) is 22.0. The number of piperidine rings is 1. The topological polar surface area (TPSA) is 75.6 Å². The average molecular weight is 545 g/mol. The first kappa shape index (κ1) is 25.8. The lowest BCUT2D eigenvalue weighted by Gasteiger charge is -2.32. The molecule has 2 fully saturated rings. The van der Waals surface area contributed by atoms with E-state index in [0.717, 1.165) is 55.6 Å². The highest BCUT2D eigenvalue weighted by atomic mass is 35.5. The van der Waals surface area contributed by atoms with Gasteiger partial charge in [0.05, 0.1) is 6.26 Å². The third kappa shape index (κ3) is 5.65. The van der Waals surface area contributed by atoms with E-state index in [0.29, 0.717) is 30.6 Å². The van der Waals surface area contributed by atoms with Crippen LogP contribution in [0.25, 0.3) is 0 Å². The Bertz CT molecular complexity index is 1400. The number of carbonyl (C=O) groups is 1. The lowest BCUT2D eigenvalue weighted by Crippen LogP contribution is -2.39. The molecule has 0 N–H and O–H groups in total. The summed E-state index contributed by atoms with van der Waals surface area (Å²) in [5.74, 6) is 2.52. The van der Waals surface area contributed by atoms with Gasteiger partial charge in [-0.25, -0.2) is 0 Å². The van der Waals surface area contributed by atoms with Crippen LogP contribution >= 0.6 is 11.6 Å². The first-order valence-corrected chi connectivity index (χ1v) is 14.0. The maximum atomic E-state index is 13.0. The largest absolute Gasteiger partial charge is 0.459 e. The van der Waals surface area contributed by atoms with Crippen LogP contribution in [0.2, 0.25) is 5.02 Å². The Labute approximate surface area is 233 Å². The van der Waals surface area contributed by atoms with Gasteiger partial charge >= 0.3 is 0 Å². The highest BCUT2D eigenvalue weighted by molar-refractivity contribution is 6.30. The van der Waals surface area contributed by atoms with Crippen LogP contribution in [0.1, 0.15) is 58.6 Å². The number of amides is 1. The number of rotatable bonds is 9. The summed E-state index contributed by atoms with van der Waals surface area (Å²) in [5.41, 5.74) is 2.27. The zero-order chi connectivity index (χ0) is 26.8. The number of aromatic nitrogens is 2. The number of hydrogen-bond acceptors (Lipinski definition) is 6. The van der Waals surface area contributed by atoms with E-state index in [9.17, 15) is 4.79 Å². The van der Waals surface area contributed by atoms with Crippen molar-refractivity contribution in [3.05, 3.63) is 107 Å². The maximum absolute atomic E-state index is 13.0. The van der Waals surface area contributed by atoms with Crippen LogP contribution in [-0.2, 0) is 11.8 Å². The molecule has 1 saturated heterocycles. The highest BCUT2D eigenvalue weighted by Crippen LogP contribution is 2.55. The van der Waals surface area contributed by atoms with E-state index < -0.39 is 0 Å². The molecule has 2 aliphatic rings. The van der Waals surface area contributed by atoms with Crippen molar-refractivity contribution in [3.8, 4) is 0 Å². The van der Waals surface area contributed by atoms with Gasteiger partial charge < -0.3 is 18.7 Å². The Morgan fingerprint density at radius 1 is 1.10 bits per heavy atom. The highest BCUT2D eigenvalue weighted by Gasteiger charge is 2.56. The van der Waals surface area contributed by atoms with Gasteiger partial charge in [0.2, 0.25) is 5.89 Å². The van der Waals surface area contributed by atoms with E-state index in [1.54, 1.807) is 17.0 Å². The standard InChI is InChI=1S/C31H33ClN4O3/c1-35(30(37)27-11-6-16-38-27)21-31(24-9-5-10-26(32)18-24)19-25(31)20-36-14-12-23(13-15-36)29-33-28(34-39-29)17-22-7-3-2-4-8-22/h2-11,16,18,23,25H,12-15,17,19-21H2,1H3/t25-,31+/m0/s1. The monoisotopic (exact) mass is 544 g/mol. The fraction of sp³-hybridized carbons (Fsp3) is 0.387. The van der Waals surface area contributed by atoms with Gasteiger partial charge in [-0.1, -0.05) is 59.2 Å². The number of likely N-dealkylation sites (tertiary alicyclic amines) is 1. The van der Waals surface area contributed by atoms with Gasteiger partial charge in [0.15, 0.2) is 11.6 Å². The van der Waals surface area contributed by atoms with Gasteiger partial charge in [-0.15, -0.1) is 0 Å². The molecule has 8 heteroatoms. The second kappa shape index (κ2) is 11.0. The molecule has 6 rings (SSSR count). The first-order chi connectivity index (χ1) is 19.0. The minimum absolute atomic E-state index is 0.0981. The van der Waals surface area contributed by atoms with Gasteiger partial charge in [-0.2, -0.15) is 4.98 Å². The molecule has 0 unspecified atom stereocenters. The maximum Gasteiger partial charge on any atom is 0.289 e. The van der Waals surface area contributed by atoms with Crippen LogP contribution in [0.4, 0.5) is 0 Å². The molecular weight excluding hydrogens is 512 g/mol. The SMILES string of the molecule is CN(C[C@@]1(c2cccc(Cl)c2)C[C@H]1CN1CCC(c2nc(Cc3ccccc3)no2)CC1)C(=O)c1ccco1. The molecule has 39 heavy (non-hydrogen) atoms. The van der Waals surface area contributed by atoms with Gasteiger partial charge in [-0.3, -0.25) is 4.79 Å². The van der Waals surface area contributed by atoms with E-state index in [1.807, 2.05) is 37.4 Å². The molecule has 7 nitrogen and oxygen atoms in total. The number of furan rings is 1. The molecule has 1 aliphatic heterocycles. The van der Waals surface area contributed by atoms with E-state index in [1.165, 1.54) is 17.4 Å². The number of nitrogens with zero attached hydrogens (tertiary/aromatic N) is 4. The van der Waals surface area contributed by atoms with Gasteiger partial charge in [-0.05, 0) is 73.7 Å². The van der Waals surface area contributed by atoms with Crippen molar-refractivity contribution < 1.29 is 13.7 Å². The number of hydrogen-bond donors (Lipinski definition) is 0. The molecule has 3 heterocycles. The third-order valence-corrected chi connectivity index (χ3v) is 8.57. The predicted molar refractivity (Wildman–Crippen MR) is 149 cm³/mol. The van der Waals surface area contributed by atoms with E-state index in [2.05, 4.69) is 34.3 Å². The molecule has 1 aliphatic carbocycles. The number of benzene rings is 2. The molecule has 202 valence electrons. The summed E-state index contributed by atoms with van der Waals surface area (Å²) in [6, 6.07) is 21.8. The van der Waals surface area contributed by atoms with Crippen LogP contribution in [0.15, 0.2) is 81.9 Å². The Morgan fingerprint density at radius 3 is 2.67 bits per heavy atom. The Hall–Kier alpha value is -3.42. The molecular formula is C31H33ClN4O3. The summed E-state index contributed by atoms with van der Waals surface area (Å²) in [5, 5.41) is 4.96. The molecule has 1 amide bonds. The fourth-order valence-electron chi connectivity index (χ4n) is 6.10. The molecule has 4 aromatic rings. The smallest absolute Gasteiger partial charge is 0.289 e. The lowest BCUT2D eigenvalue weighted by molar-refractivity contribution is 0.0744. The molecule has 2 atom stereocenters. The summed E-state index contributed by atoms with van der Waals surface area (Å²) in [6.45, 7) is 3.60. The Morgan fingerprint density at radius 2 is 1.92 bits per heavy atom. The van der Waals surface area contributed by atoms with Crippen molar-refractivity contribution in [1.29, 1.82) is 0 Å². The van der Waals surface area contributed by atoms with Crippen molar-refractivity contribution in [3.63, 3.8) is 0 Å².